The molecule has 0 radical (unpaired) electrons. The number of aryl methyl sites for hydroxylation is 1. The van der Waals surface area contributed by atoms with Crippen LogP contribution in [0.2, 0.25) is 0 Å². The molecule has 3 aliphatic heterocycles. The number of ether oxygens (including phenoxy) is 2. The first-order chi connectivity index (χ1) is 23.1. The van der Waals surface area contributed by atoms with Gasteiger partial charge in [-0.3, -0.25) is 0 Å². The maximum absolute atomic E-state index is 12.9. The predicted molar refractivity (Wildman–Crippen MR) is 184 cm³/mol. The fourth-order valence-electron chi connectivity index (χ4n) is 7.66. The van der Waals surface area contributed by atoms with Crippen molar-refractivity contribution < 1.29 is 14.3 Å². The van der Waals surface area contributed by atoms with Gasteiger partial charge < -0.3 is 29.1 Å². The number of likely N-dealkylation sites (tertiary alicyclic amines) is 1. The van der Waals surface area contributed by atoms with Crippen LogP contribution in [0.3, 0.4) is 0 Å². The third kappa shape index (κ3) is 6.59. The Morgan fingerprint density at radius 3 is 2.51 bits per heavy atom. The Kier molecular flexibility index (Phi) is 8.31. The van der Waals surface area contributed by atoms with Crippen molar-refractivity contribution in [3.8, 4) is 6.01 Å². The van der Waals surface area contributed by atoms with E-state index in [4.69, 9.17) is 19.4 Å². The van der Waals surface area contributed by atoms with Crippen molar-refractivity contribution in [1.29, 1.82) is 0 Å². The van der Waals surface area contributed by atoms with E-state index in [0.717, 1.165) is 54.8 Å². The first kappa shape index (κ1) is 30.0. The van der Waals surface area contributed by atoms with E-state index in [9.17, 15) is 4.79 Å². The van der Waals surface area contributed by atoms with Gasteiger partial charge in [-0.05, 0) is 60.6 Å². The second kappa shape index (κ2) is 13.0. The first-order valence-corrected chi connectivity index (χ1v) is 17.3. The molecular weight excluding hydrogens is 588 g/mol. The lowest BCUT2D eigenvalue weighted by Crippen LogP contribution is -2.49. The second-order valence-electron chi connectivity index (χ2n) is 13.7. The number of aromatic nitrogens is 2. The molecule has 1 aliphatic carbocycles. The summed E-state index contributed by atoms with van der Waals surface area (Å²) in [6.07, 6.45) is 2.99. The van der Waals surface area contributed by atoms with Crippen LogP contribution >= 0.6 is 0 Å². The van der Waals surface area contributed by atoms with Gasteiger partial charge >= 0.3 is 12.1 Å². The zero-order chi connectivity index (χ0) is 31.7. The SMILES string of the molecule is Cc1cc(N2CCc3c(nc(OCCCN4CC5CC5C4)nc3N3CCN(C(=O)OCc4ccccc4)CC3)C2)c2ccccc2c1. The largest absolute Gasteiger partial charge is 0.463 e. The van der Waals surface area contributed by atoms with Crippen molar-refractivity contribution in [3.05, 3.63) is 89.1 Å². The third-order valence-electron chi connectivity index (χ3n) is 10.3. The van der Waals surface area contributed by atoms with Crippen molar-refractivity contribution >= 4 is 28.4 Å². The summed E-state index contributed by atoms with van der Waals surface area (Å²) in [6.45, 7) is 10.8. The van der Waals surface area contributed by atoms with Crippen molar-refractivity contribution in [3.63, 3.8) is 0 Å². The molecule has 0 N–H and O–H groups in total. The molecule has 0 bridgehead atoms. The molecule has 9 nitrogen and oxygen atoms in total. The maximum Gasteiger partial charge on any atom is 0.410 e. The van der Waals surface area contributed by atoms with E-state index < -0.39 is 0 Å². The number of benzene rings is 3. The Balaban J connectivity index is 0.984. The van der Waals surface area contributed by atoms with Gasteiger partial charge in [0.2, 0.25) is 0 Å². The van der Waals surface area contributed by atoms with Gasteiger partial charge in [-0.2, -0.15) is 9.97 Å². The average molecular weight is 633 g/mol. The Labute approximate surface area is 277 Å². The van der Waals surface area contributed by atoms with Crippen LogP contribution in [0.25, 0.3) is 10.8 Å². The van der Waals surface area contributed by atoms with Crippen molar-refractivity contribution in [2.75, 3.05) is 68.8 Å². The van der Waals surface area contributed by atoms with Gasteiger partial charge in [0, 0.05) is 69.0 Å². The van der Waals surface area contributed by atoms with E-state index in [0.29, 0.717) is 45.3 Å². The number of anilines is 2. The van der Waals surface area contributed by atoms with Crippen LogP contribution in [0.4, 0.5) is 16.3 Å². The molecule has 2 unspecified atom stereocenters. The molecule has 4 aromatic rings. The highest BCUT2D eigenvalue weighted by Gasteiger charge is 2.44. The van der Waals surface area contributed by atoms with Crippen molar-refractivity contribution in [1.82, 2.24) is 19.8 Å². The van der Waals surface area contributed by atoms with Crippen LogP contribution in [0.1, 0.15) is 35.2 Å². The number of rotatable bonds is 9. The molecule has 3 aromatic carbocycles. The van der Waals surface area contributed by atoms with Gasteiger partial charge in [0.1, 0.15) is 12.4 Å². The highest BCUT2D eigenvalue weighted by atomic mass is 16.6. The predicted octanol–water partition coefficient (Wildman–Crippen LogP) is 5.68. The van der Waals surface area contributed by atoms with Crippen LogP contribution in [-0.4, -0.2) is 84.8 Å². The topological polar surface area (TPSA) is 74.3 Å². The molecule has 1 aromatic heterocycles. The van der Waals surface area contributed by atoms with Gasteiger partial charge in [0.05, 0.1) is 18.8 Å². The number of nitrogens with zero attached hydrogens (tertiary/aromatic N) is 6. The van der Waals surface area contributed by atoms with Crippen LogP contribution in [0.5, 0.6) is 6.01 Å². The van der Waals surface area contributed by atoms with E-state index in [1.807, 2.05) is 30.3 Å². The minimum Gasteiger partial charge on any atom is -0.463 e. The quantitative estimate of drug-likeness (QED) is 0.218. The summed E-state index contributed by atoms with van der Waals surface area (Å²) in [5.74, 6) is 2.85. The van der Waals surface area contributed by atoms with Crippen molar-refractivity contribution in [2.45, 2.75) is 39.3 Å². The molecule has 2 saturated heterocycles. The van der Waals surface area contributed by atoms with Crippen LogP contribution in [0, 0.1) is 18.8 Å². The minimum absolute atomic E-state index is 0.265. The molecule has 47 heavy (non-hydrogen) atoms. The van der Waals surface area contributed by atoms with E-state index in [1.54, 1.807) is 4.90 Å². The lowest BCUT2D eigenvalue weighted by Gasteiger charge is -2.38. The lowest BCUT2D eigenvalue weighted by molar-refractivity contribution is 0.0941. The molecule has 2 atom stereocenters. The molecule has 9 heteroatoms. The molecule has 1 saturated carbocycles. The third-order valence-corrected chi connectivity index (χ3v) is 10.3. The van der Waals surface area contributed by atoms with Gasteiger partial charge in [0.25, 0.3) is 0 Å². The molecule has 8 rings (SSSR count). The molecule has 1 amide bonds. The van der Waals surface area contributed by atoms with Crippen LogP contribution in [0.15, 0.2) is 66.7 Å². The average Bonchev–Trinajstić information content (AvgIpc) is 3.72. The zero-order valence-electron chi connectivity index (χ0n) is 27.3. The number of fused-ring (bicyclic) bond motifs is 3. The first-order valence-electron chi connectivity index (χ1n) is 17.3. The number of amides is 1. The molecule has 4 aliphatic rings. The van der Waals surface area contributed by atoms with E-state index in [1.165, 1.54) is 47.1 Å². The smallest absolute Gasteiger partial charge is 0.410 e. The molecule has 0 spiro atoms. The van der Waals surface area contributed by atoms with Gasteiger partial charge in [-0.1, -0.05) is 60.7 Å². The number of hydrogen-bond acceptors (Lipinski definition) is 8. The zero-order valence-corrected chi connectivity index (χ0v) is 27.3. The second-order valence-corrected chi connectivity index (χ2v) is 13.7. The summed E-state index contributed by atoms with van der Waals surface area (Å²) in [6, 6.07) is 23.5. The summed E-state index contributed by atoms with van der Waals surface area (Å²) >= 11 is 0. The van der Waals surface area contributed by atoms with Gasteiger partial charge in [0.15, 0.2) is 0 Å². The number of carbonyl (C=O) groups excluding carboxylic acids is 1. The molecule has 4 heterocycles. The fraction of sp³-hybridized carbons (Fsp3) is 0.447. The van der Waals surface area contributed by atoms with Crippen molar-refractivity contribution in [2.24, 2.45) is 11.8 Å². The fourth-order valence-corrected chi connectivity index (χ4v) is 7.66. The minimum atomic E-state index is -0.265. The Morgan fingerprint density at radius 1 is 0.894 bits per heavy atom. The summed E-state index contributed by atoms with van der Waals surface area (Å²) in [5, 5.41) is 2.53. The summed E-state index contributed by atoms with van der Waals surface area (Å²) in [7, 11) is 0. The molecule has 244 valence electrons. The highest BCUT2D eigenvalue weighted by molar-refractivity contribution is 5.95. The number of carbonyl (C=O) groups is 1. The highest BCUT2D eigenvalue weighted by Crippen LogP contribution is 2.44. The molecule has 3 fully saturated rings. The van der Waals surface area contributed by atoms with Gasteiger partial charge in [-0.15, -0.1) is 0 Å². The normalized spacial score (nSPS) is 20.7. The van der Waals surface area contributed by atoms with Crippen LogP contribution < -0.4 is 14.5 Å². The summed E-state index contributed by atoms with van der Waals surface area (Å²) in [5.41, 5.74) is 5.73. The number of piperidine rings is 1. The monoisotopic (exact) mass is 632 g/mol. The Morgan fingerprint density at radius 2 is 1.68 bits per heavy atom. The van der Waals surface area contributed by atoms with Crippen LogP contribution in [-0.2, 0) is 24.3 Å². The molecular formula is C38H44N6O3. The van der Waals surface area contributed by atoms with E-state index >= 15 is 0 Å². The lowest BCUT2D eigenvalue weighted by atomic mass is 10.0. The van der Waals surface area contributed by atoms with E-state index in [2.05, 4.69) is 58.0 Å². The Hall–Kier alpha value is -4.37. The Bertz CT molecular complexity index is 1730. The maximum atomic E-state index is 12.9. The summed E-state index contributed by atoms with van der Waals surface area (Å²) in [4.78, 5) is 32.1. The van der Waals surface area contributed by atoms with Gasteiger partial charge in [-0.25, -0.2) is 4.79 Å². The number of piperazine rings is 1. The van der Waals surface area contributed by atoms with E-state index in [-0.39, 0.29) is 12.7 Å². The number of hydrogen-bond donors (Lipinski definition) is 0. The standard InChI is InChI=1S/C38H44N6O3/c1-27-20-29-10-5-6-11-32(29)35(21-27)44-14-12-33-34(25-44)39-37(46-19-7-13-41-23-30-22-31(30)24-41)40-36(33)42-15-17-43(18-16-42)38(45)47-26-28-8-3-2-4-9-28/h2-6,8-11,20-21,30-31H,7,12-19,22-26H2,1H3. The summed E-state index contributed by atoms with van der Waals surface area (Å²) < 4.78 is 11.9.